The predicted molar refractivity (Wildman–Crippen MR) is 48.4 cm³/mol. The maximum Gasteiger partial charge on any atom is 0.145 e. The summed E-state index contributed by atoms with van der Waals surface area (Å²) in [6, 6.07) is 0. The van der Waals surface area contributed by atoms with Gasteiger partial charge in [0.05, 0.1) is 5.69 Å². The Hall–Kier alpha value is -1.16. The van der Waals surface area contributed by atoms with Crippen LogP contribution in [0.2, 0.25) is 0 Å². The zero-order valence-electron chi connectivity index (χ0n) is 7.03. The second-order valence-corrected chi connectivity index (χ2v) is 2.63. The molecule has 0 aromatic carbocycles. The van der Waals surface area contributed by atoms with Crippen LogP contribution in [0.4, 0.5) is 5.82 Å². The van der Waals surface area contributed by atoms with Gasteiger partial charge in [0.25, 0.3) is 0 Å². The Morgan fingerprint density at radius 3 is 2.58 bits per heavy atom. The van der Waals surface area contributed by atoms with Crippen LogP contribution >= 0.6 is 0 Å². The van der Waals surface area contributed by atoms with Crippen LogP contribution in [0.5, 0.6) is 0 Å². The third kappa shape index (κ3) is 2.47. The zero-order valence-corrected chi connectivity index (χ0v) is 7.03. The van der Waals surface area contributed by atoms with Gasteiger partial charge in [0.1, 0.15) is 5.82 Å². The molecule has 0 saturated heterocycles. The fraction of sp³-hybridized carbons (Fsp3) is 0.500. The minimum atomic E-state index is 0.537. The van der Waals surface area contributed by atoms with Crippen molar-refractivity contribution in [1.29, 1.82) is 0 Å². The lowest BCUT2D eigenvalue weighted by molar-refractivity contribution is 0.731. The summed E-state index contributed by atoms with van der Waals surface area (Å²) in [5.74, 6) is 0.537. The summed E-state index contributed by atoms with van der Waals surface area (Å²) in [7, 11) is 0. The molecule has 1 aromatic rings. The number of nitrogens with zero attached hydrogens (tertiary/aromatic N) is 2. The number of nitrogen functional groups attached to an aromatic ring is 1. The van der Waals surface area contributed by atoms with Gasteiger partial charge in [-0.25, -0.2) is 4.98 Å². The van der Waals surface area contributed by atoms with Gasteiger partial charge in [-0.05, 0) is 25.8 Å². The molecule has 0 atom stereocenters. The van der Waals surface area contributed by atoms with Gasteiger partial charge in [0.15, 0.2) is 0 Å². The molecule has 0 radical (unpaired) electrons. The van der Waals surface area contributed by atoms with Crippen LogP contribution in [0, 0.1) is 0 Å². The first-order valence-electron chi connectivity index (χ1n) is 4.10. The quantitative estimate of drug-likeness (QED) is 0.632. The number of nitrogens with two attached hydrogens (primary N) is 2. The van der Waals surface area contributed by atoms with Gasteiger partial charge in [-0.2, -0.15) is 0 Å². The maximum absolute atomic E-state index is 5.60. The molecular weight excluding hydrogens is 152 g/mol. The maximum atomic E-state index is 5.60. The summed E-state index contributed by atoms with van der Waals surface area (Å²) in [5, 5.41) is 0. The second kappa shape index (κ2) is 4.66. The van der Waals surface area contributed by atoms with Crippen LogP contribution in [0.3, 0.4) is 0 Å². The molecule has 0 aliphatic carbocycles. The van der Waals surface area contributed by atoms with Crippen molar-refractivity contribution in [3.05, 3.63) is 18.1 Å². The number of anilines is 1. The lowest BCUT2D eigenvalue weighted by atomic mass is 10.2. The number of aryl methyl sites for hydroxylation is 1. The van der Waals surface area contributed by atoms with Gasteiger partial charge in [-0.15, -0.1) is 0 Å². The molecule has 1 heterocycles. The van der Waals surface area contributed by atoms with E-state index in [-0.39, 0.29) is 0 Å². The minimum absolute atomic E-state index is 0.537. The van der Waals surface area contributed by atoms with E-state index in [2.05, 4.69) is 9.97 Å². The number of unbranched alkanes of at least 4 members (excludes halogenated alkanes) is 1. The molecule has 0 unspecified atom stereocenters. The number of rotatable bonds is 4. The molecule has 66 valence electrons. The van der Waals surface area contributed by atoms with Gasteiger partial charge in [0, 0.05) is 12.4 Å². The normalized spacial score (nSPS) is 10.1. The smallest absolute Gasteiger partial charge is 0.145 e. The molecule has 4 heteroatoms. The van der Waals surface area contributed by atoms with Crippen LogP contribution in [0.1, 0.15) is 18.5 Å². The average Bonchev–Trinajstić information content (AvgIpc) is 2.09. The molecular formula is C8H14N4. The highest BCUT2D eigenvalue weighted by Gasteiger charge is 1.99. The van der Waals surface area contributed by atoms with Crippen molar-refractivity contribution >= 4 is 5.82 Å². The third-order valence-corrected chi connectivity index (χ3v) is 1.67. The molecule has 0 spiro atoms. The van der Waals surface area contributed by atoms with E-state index in [4.69, 9.17) is 11.5 Å². The Morgan fingerprint density at radius 1 is 1.17 bits per heavy atom. The van der Waals surface area contributed by atoms with Crippen LogP contribution in [0.25, 0.3) is 0 Å². The summed E-state index contributed by atoms with van der Waals surface area (Å²) in [4.78, 5) is 8.06. The van der Waals surface area contributed by atoms with Crippen LogP contribution in [-0.2, 0) is 6.42 Å². The second-order valence-electron chi connectivity index (χ2n) is 2.63. The highest BCUT2D eigenvalue weighted by Crippen LogP contribution is 2.06. The summed E-state index contributed by atoms with van der Waals surface area (Å²) in [5.41, 5.74) is 11.8. The van der Waals surface area contributed by atoms with Gasteiger partial charge < -0.3 is 11.5 Å². The van der Waals surface area contributed by atoms with Crippen molar-refractivity contribution in [3.63, 3.8) is 0 Å². The van der Waals surface area contributed by atoms with E-state index in [9.17, 15) is 0 Å². The van der Waals surface area contributed by atoms with E-state index in [1.165, 1.54) is 0 Å². The molecule has 0 amide bonds. The summed E-state index contributed by atoms with van der Waals surface area (Å²) < 4.78 is 0. The lowest BCUT2D eigenvalue weighted by Crippen LogP contribution is -2.03. The van der Waals surface area contributed by atoms with Crippen LogP contribution in [0.15, 0.2) is 12.4 Å². The monoisotopic (exact) mass is 166 g/mol. The largest absolute Gasteiger partial charge is 0.382 e. The first-order chi connectivity index (χ1) is 5.84. The Balaban J connectivity index is 2.46. The highest BCUT2D eigenvalue weighted by atomic mass is 14.9. The molecule has 0 bridgehead atoms. The van der Waals surface area contributed by atoms with E-state index < -0.39 is 0 Å². The highest BCUT2D eigenvalue weighted by molar-refractivity contribution is 5.32. The molecule has 12 heavy (non-hydrogen) atoms. The third-order valence-electron chi connectivity index (χ3n) is 1.67. The van der Waals surface area contributed by atoms with Crippen molar-refractivity contribution < 1.29 is 0 Å². The summed E-state index contributed by atoms with van der Waals surface area (Å²) >= 11 is 0. The van der Waals surface area contributed by atoms with Crippen molar-refractivity contribution in [2.45, 2.75) is 19.3 Å². The van der Waals surface area contributed by atoms with Crippen molar-refractivity contribution in [3.8, 4) is 0 Å². The summed E-state index contributed by atoms with van der Waals surface area (Å²) in [6.07, 6.45) is 6.17. The summed E-state index contributed by atoms with van der Waals surface area (Å²) in [6.45, 7) is 0.722. The number of hydrogen-bond donors (Lipinski definition) is 2. The van der Waals surface area contributed by atoms with Crippen LogP contribution < -0.4 is 11.5 Å². The predicted octanol–water partition coefficient (Wildman–Crippen LogP) is 0.340. The Bertz CT molecular complexity index is 236. The fourth-order valence-corrected chi connectivity index (χ4v) is 1.01. The molecule has 0 aliphatic rings. The fourth-order valence-electron chi connectivity index (χ4n) is 1.01. The molecule has 4 nitrogen and oxygen atoms in total. The van der Waals surface area contributed by atoms with Gasteiger partial charge in [-0.3, -0.25) is 4.98 Å². The van der Waals surface area contributed by atoms with Crippen molar-refractivity contribution in [1.82, 2.24) is 9.97 Å². The molecule has 1 aromatic heterocycles. The molecule has 0 saturated carbocycles. The standard InChI is InChI=1S/C8H14N4/c9-4-2-1-3-7-8(10)12-6-5-11-7/h5-6H,1-4,9H2,(H2,10,12). The number of aromatic nitrogens is 2. The Labute approximate surface area is 72.0 Å². The van der Waals surface area contributed by atoms with Gasteiger partial charge in [0.2, 0.25) is 0 Å². The van der Waals surface area contributed by atoms with E-state index in [0.717, 1.165) is 31.5 Å². The van der Waals surface area contributed by atoms with Gasteiger partial charge in [-0.1, -0.05) is 0 Å². The van der Waals surface area contributed by atoms with Crippen molar-refractivity contribution in [2.75, 3.05) is 12.3 Å². The topological polar surface area (TPSA) is 77.8 Å². The SMILES string of the molecule is NCCCCc1nccnc1N. The van der Waals surface area contributed by atoms with E-state index in [1.807, 2.05) is 0 Å². The molecule has 0 aliphatic heterocycles. The van der Waals surface area contributed by atoms with Gasteiger partial charge >= 0.3 is 0 Å². The van der Waals surface area contributed by atoms with E-state index in [1.54, 1.807) is 12.4 Å². The molecule has 1 rings (SSSR count). The van der Waals surface area contributed by atoms with Crippen LogP contribution in [-0.4, -0.2) is 16.5 Å². The average molecular weight is 166 g/mol. The zero-order chi connectivity index (χ0) is 8.81. The molecule has 0 fully saturated rings. The number of hydrogen-bond acceptors (Lipinski definition) is 4. The first-order valence-corrected chi connectivity index (χ1v) is 4.10. The Morgan fingerprint density at radius 2 is 1.92 bits per heavy atom. The van der Waals surface area contributed by atoms with Crippen molar-refractivity contribution in [2.24, 2.45) is 5.73 Å². The lowest BCUT2D eigenvalue weighted by Gasteiger charge is -2.01. The molecule has 4 N–H and O–H groups in total. The van der Waals surface area contributed by atoms with E-state index >= 15 is 0 Å². The minimum Gasteiger partial charge on any atom is -0.382 e. The Kier molecular flexibility index (Phi) is 3.47. The first kappa shape index (κ1) is 8.93. The van der Waals surface area contributed by atoms with E-state index in [0.29, 0.717) is 5.82 Å².